The first kappa shape index (κ1) is 27.8. The number of amides is 1. The summed E-state index contributed by atoms with van der Waals surface area (Å²) in [6.45, 7) is 0. The SMILES string of the molecule is O=C(CSc1nnc(-c2cccnc2)n1-c1ccccc1)Nc1ccc(S(=O)(=O)Nc2ccccn2)cc1.[Cl-]. The van der Waals surface area contributed by atoms with Crippen LogP contribution >= 0.6 is 11.8 Å². The molecule has 0 radical (unpaired) electrons. The number of hydrogen-bond donors (Lipinski definition) is 2. The van der Waals surface area contributed by atoms with Crippen molar-refractivity contribution in [3.05, 3.63) is 104 Å². The molecular formula is C26H21ClN7O3S2-. The molecule has 1 amide bonds. The molecule has 2 N–H and O–H groups in total. The monoisotopic (exact) mass is 578 g/mol. The second-order valence-corrected chi connectivity index (χ2v) is 10.5. The van der Waals surface area contributed by atoms with Gasteiger partial charge in [0.1, 0.15) is 5.82 Å². The van der Waals surface area contributed by atoms with Crippen molar-refractivity contribution in [2.24, 2.45) is 0 Å². The molecular weight excluding hydrogens is 558 g/mol. The largest absolute Gasteiger partial charge is 1.00 e. The Morgan fingerprint density at radius 1 is 0.872 bits per heavy atom. The van der Waals surface area contributed by atoms with Gasteiger partial charge in [-0.2, -0.15) is 0 Å². The third-order valence-electron chi connectivity index (χ3n) is 5.25. The molecule has 198 valence electrons. The van der Waals surface area contributed by atoms with Gasteiger partial charge < -0.3 is 17.7 Å². The van der Waals surface area contributed by atoms with Crippen molar-refractivity contribution in [3.63, 3.8) is 0 Å². The van der Waals surface area contributed by atoms with E-state index in [0.717, 1.165) is 11.3 Å². The summed E-state index contributed by atoms with van der Waals surface area (Å²) in [5.41, 5.74) is 2.12. The molecule has 39 heavy (non-hydrogen) atoms. The van der Waals surface area contributed by atoms with E-state index < -0.39 is 10.0 Å². The van der Waals surface area contributed by atoms with E-state index in [1.54, 1.807) is 30.6 Å². The summed E-state index contributed by atoms with van der Waals surface area (Å²) in [6, 6.07) is 24.2. The fourth-order valence-electron chi connectivity index (χ4n) is 3.52. The molecule has 13 heteroatoms. The van der Waals surface area contributed by atoms with Gasteiger partial charge in [0.25, 0.3) is 10.0 Å². The lowest BCUT2D eigenvalue weighted by Crippen LogP contribution is -3.00. The molecule has 0 aliphatic rings. The highest BCUT2D eigenvalue weighted by atomic mass is 35.5. The number of halogens is 1. The average Bonchev–Trinajstić information content (AvgIpc) is 3.37. The normalized spacial score (nSPS) is 10.9. The van der Waals surface area contributed by atoms with Gasteiger partial charge in [0.2, 0.25) is 5.91 Å². The molecule has 3 heterocycles. The zero-order valence-electron chi connectivity index (χ0n) is 20.2. The minimum Gasteiger partial charge on any atom is -1.00 e. The van der Waals surface area contributed by atoms with Crippen LogP contribution in [-0.4, -0.2) is 44.8 Å². The van der Waals surface area contributed by atoms with Crippen LogP contribution in [0.15, 0.2) is 114 Å². The summed E-state index contributed by atoms with van der Waals surface area (Å²) in [7, 11) is -3.81. The van der Waals surface area contributed by atoms with Crippen molar-refractivity contribution in [2.45, 2.75) is 10.1 Å². The van der Waals surface area contributed by atoms with Crippen molar-refractivity contribution in [3.8, 4) is 17.1 Å². The van der Waals surface area contributed by atoms with Crippen LogP contribution in [0.5, 0.6) is 0 Å². The number of anilines is 2. The van der Waals surface area contributed by atoms with Gasteiger partial charge in [-0.1, -0.05) is 36.0 Å². The predicted octanol–water partition coefficient (Wildman–Crippen LogP) is 1.26. The number of para-hydroxylation sites is 1. The number of nitrogens with one attached hydrogen (secondary N) is 2. The van der Waals surface area contributed by atoms with Crippen LogP contribution < -0.4 is 22.4 Å². The number of hydrogen-bond acceptors (Lipinski definition) is 8. The molecule has 0 atom stereocenters. The minimum absolute atomic E-state index is 0. The van der Waals surface area contributed by atoms with Crippen LogP contribution in [0.4, 0.5) is 11.5 Å². The standard InChI is InChI=1S/C26H21N7O3S2.ClH/c34-24(29-20-11-13-22(14-12-20)38(35,36)32-23-10-4-5-16-28-23)18-37-26-31-30-25(19-7-6-15-27-17-19)33(26)21-8-2-1-3-9-21;/h1-17H,18H2,(H,28,32)(H,29,34);1H/p-1. The fourth-order valence-corrected chi connectivity index (χ4v) is 5.28. The zero-order valence-corrected chi connectivity index (χ0v) is 22.6. The summed E-state index contributed by atoms with van der Waals surface area (Å²) in [5.74, 6) is 0.627. The Hall–Kier alpha value is -4.26. The molecule has 0 unspecified atom stereocenters. The summed E-state index contributed by atoms with van der Waals surface area (Å²) in [5, 5.41) is 12.0. The van der Waals surface area contributed by atoms with Crippen molar-refractivity contribution in [1.29, 1.82) is 0 Å². The number of carbonyl (C=O) groups is 1. The van der Waals surface area contributed by atoms with E-state index in [-0.39, 0.29) is 34.8 Å². The number of thioether (sulfide) groups is 1. The van der Waals surface area contributed by atoms with Gasteiger partial charge in [0, 0.05) is 35.5 Å². The zero-order chi connectivity index (χ0) is 26.4. The lowest BCUT2D eigenvalue weighted by atomic mass is 10.2. The number of nitrogens with zero attached hydrogens (tertiary/aromatic N) is 5. The summed E-state index contributed by atoms with van der Waals surface area (Å²) >= 11 is 1.24. The van der Waals surface area contributed by atoms with Crippen LogP contribution in [0.25, 0.3) is 17.1 Å². The Bertz CT molecular complexity index is 1640. The number of benzene rings is 2. The van der Waals surface area contributed by atoms with Crippen LogP contribution in [0.2, 0.25) is 0 Å². The Morgan fingerprint density at radius 2 is 1.64 bits per heavy atom. The second-order valence-electron chi connectivity index (χ2n) is 7.90. The fraction of sp³-hybridized carbons (Fsp3) is 0.0385. The van der Waals surface area contributed by atoms with E-state index in [1.807, 2.05) is 47.0 Å². The van der Waals surface area contributed by atoms with Gasteiger partial charge >= 0.3 is 0 Å². The first-order valence-electron chi connectivity index (χ1n) is 11.4. The van der Waals surface area contributed by atoms with E-state index in [2.05, 4.69) is 30.2 Å². The van der Waals surface area contributed by atoms with Crippen molar-refractivity contribution >= 4 is 39.2 Å². The molecule has 0 aliphatic carbocycles. The van der Waals surface area contributed by atoms with E-state index in [4.69, 9.17) is 0 Å². The third-order valence-corrected chi connectivity index (χ3v) is 7.55. The number of sulfonamides is 1. The van der Waals surface area contributed by atoms with Crippen LogP contribution in [-0.2, 0) is 14.8 Å². The molecule has 0 aliphatic heterocycles. The molecule has 2 aromatic carbocycles. The van der Waals surface area contributed by atoms with Gasteiger partial charge in [0.15, 0.2) is 11.0 Å². The molecule has 0 saturated heterocycles. The highest BCUT2D eigenvalue weighted by Crippen LogP contribution is 2.27. The first-order chi connectivity index (χ1) is 18.5. The number of rotatable bonds is 9. The molecule has 0 bridgehead atoms. The van der Waals surface area contributed by atoms with E-state index in [9.17, 15) is 13.2 Å². The van der Waals surface area contributed by atoms with E-state index >= 15 is 0 Å². The highest BCUT2D eigenvalue weighted by molar-refractivity contribution is 7.99. The van der Waals surface area contributed by atoms with Gasteiger partial charge in [-0.3, -0.25) is 19.1 Å². The lowest BCUT2D eigenvalue weighted by molar-refractivity contribution is -0.113. The Balaban J connectivity index is 0.00000353. The maximum absolute atomic E-state index is 12.7. The van der Waals surface area contributed by atoms with Crippen molar-refractivity contribution < 1.29 is 25.6 Å². The molecule has 0 spiro atoms. The highest BCUT2D eigenvalue weighted by Gasteiger charge is 2.18. The quantitative estimate of drug-likeness (QED) is 0.250. The molecule has 3 aromatic heterocycles. The Morgan fingerprint density at radius 3 is 2.33 bits per heavy atom. The summed E-state index contributed by atoms with van der Waals surface area (Å²) in [6.07, 6.45) is 4.89. The lowest BCUT2D eigenvalue weighted by Gasteiger charge is -2.11. The minimum atomic E-state index is -3.81. The molecule has 10 nitrogen and oxygen atoms in total. The third kappa shape index (κ3) is 6.79. The summed E-state index contributed by atoms with van der Waals surface area (Å²) < 4.78 is 29.5. The van der Waals surface area contributed by atoms with Gasteiger partial charge in [-0.15, -0.1) is 10.2 Å². The molecule has 5 rings (SSSR count). The maximum atomic E-state index is 12.7. The van der Waals surface area contributed by atoms with Gasteiger partial charge in [-0.05, 0) is 60.7 Å². The predicted molar refractivity (Wildman–Crippen MR) is 145 cm³/mol. The smallest absolute Gasteiger partial charge is 0.263 e. The van der Waals surface area contributed by atoms with E-state index in [1.165, 1.54) is 42.2 Å². The van der Waals surface area contributed by atoms with Gasteiger partial charge in [0.05, 0.1) is 10.6 Å². The summed E-state index contributed by atoms with van der Waals surface area (Å²) in [4.78, 5) is 20.9. The van der Waals surface area contributed by atoms with Crippen LogP contribution in [0.3, 0.4) is 0 Å². The first-order valence-corrected chi connectivity index (χ1v) is 13.8. The van der Waals surface area contributed by atoms with Crippen molar-refractivity contribution in [2.75, 3.05) is 15.8 Å². The molecule has 0 fully saturated rings. The maximum Gasteiger partial charge on any atom is 0.263 e. The van der Waals surface area contributed by atoms with Gasteiger partial charge in [-0.25, -0.2) is 13.4 Å². The van der Waals surface area contributed by atoms with Crippen LogP contribution in [0.1, 0.15) is 0 Å². The topological polar surface area (TPSA) is 132 Å². The number of pyridine rings is 2. The molecule has 5 aromatic rings. The Kier molecular flexibility index (Phi) is 8.92. The molecule has 0 saturated carbocycles. The second kappa shape index (κ2) is 12.5. The number of carbonyl (C=O) groups excluding carboxylic acids is 1. The Labute approximate surface area is 235 Å². The number of aromatic nitrogens is 5. The van der Waals surface area contributed by atoms with Crippen molar-refractivity contribution in [1.82, 2.24) is 24.7 Å². The van der Waals surface area contributed by atoms with Crippen LogP contribution in [0, 0.1) is 0 Å². The average molecular weight is 579 g/mol. The van der Waals surface area contributed by atoms with E-state index in [0.29, 0.717) is 16.7 Å².